The van der Waals surface area contributed by atoms with Crippen molar-refractivity contribution in [1.82, 2.24) is 0 Å². The summed E-state index contributed by atoms with van der Waals surface area (Å²) in [5, 5.41) is 24.6. The fourth-order valence-corrected chi connectivity index (χ4v) is 4.73. The third-order valence-electron chi connectivity index (χ3n) is 5.45. The van der Waals surface area contributed by atoms with Gasteiger partial charge in [-0.15, -0.1) is 11.8 Å². The van der Waals surface area contributed by atoms with Gasteiger partial charge < -0.3 is 19.8 Å². The highest BCUT2D eigenvalue weighted by atomic mass is 35.5. The summed E-state index contributed by atoms with van der Waals surface area (Å²) < 4.78 is 6.01. The van der Waals surface area contributed by atoms with Gasteiger partial charge in [0, 0.05) is 28.7 Å². The summed E-state index contributed by atoms with van der Waals surface area (Å²) in [7, 11) is 0. The predicted octanol–water partition coefficient (Wildman–Crippen LogP) is 6.81. The summed E-state index contributed by atoms with van der Waals surface area (Å²) in [5.74, 6) is -0.524. The highest BCUT2D eigenvalue weighted by Crippen LogP contribution is 2.35. The molecule has 1 unspecified atom stereocenters. The first kappa shape index (κ1) is 29.5. The van der Waals surface area contributed by atoms with Gasteiger partial charge in [-0.3, -0.25) is 4.79 Å². The molecule has 0 aliphatic rings. The Balaban J connectivity index is 2.03. The third kappa shape index (κ3) is 8.45. The lowest BCUT2D eigenvalue weighted by Crippen LogP contribution is -2.08. The molecule has 0 saturated carbocycles. The van der Waals surface area contributed by atoms with Crippen LogP contribution >= 0.6 is 23.4 Å². The maximum atomic E-state index is 11.2. The van der Waals surface area contributed by atoms with Crippen LogP contribution in [0.2, 0.25) is 5.02 Å². The monoisotopic (exact) mass is 535 g/mol. The number of oxime groups is 1. The number of benzene rings is 2. The van der Waals surface area contributed by atoms with Crippen LogP contribution in [0, 0.1) is 0 Å². The molecule has 9 heteroatoms. The number of phenols is 1. The van der Waals surface area contributed by atoms with Crippen LogP contribution in [-0.2, 0) is 20.8 Å². The molecule has 0 aliphatic heterocycles. The highest BCUT2D eigenvalue weighted by Gasteiger charge is 2.18. The van der Waals surface area contributed by atoms with Crippen molar-refractivity contribution in [3.05, 3.63) is 52.0 Å². The van der Waals surface area contributed by atoms with E-state index in [-0.39, 0.29) is 5.75 Å². The summed E-state index contributed by atoms with van der Waals surface area (Å²) >= 11 is 7.93. The minimum Gasteiger partial charge on any atom is -0.507 e. The number of rotatable bonds is 14. The molecule has 1 atom stereocenters. The number of carbonyl (C=O) groups excluding carboxylic acids is 1. The van der Waals surface area contributed by atoms with Gasteiger partial charge in [-0.05, 0) is 56.0 Å². The van der Waals surface area contributed by atoms with Crippen LogP contribution in [0.3, 0.4) is 0 Å². The molecule has 0 saturated heterocycles. The summed E-state index contributed by atoms with van der Waals surface area (Å²) in [4.78, 5) is 28.1. The van der Waals surface area contributed by atoms with E-state index >= 15 is 0 Å². The predicted molar refractivity (Wildman–Crippen MR) is 144 cm³/mol. The summed E-state index contributed by atoms with van der Waals surface area (Å²) in [6, 6.07) is 8.92. The van der Waals surface area contributed by atoms with E-state index in [2.05, 4.69) is 5.16 Å². The fourth-order valence-electron chi connectivity index (χ4n) is 3.53. The number of carbonyl (C=O) groups is 2. The van der Waals surface area contributed by atoms with Crippen LogP contribution in [0.4, 0.5) is 0 Å². The fraction of sp³-hybridized carbons (Fsp3) is 0.444. The number of ether oxygens (including phenoxy) is 1. The van der Waals surface area contributed by atoms with E-state index in [1.807, 2.05) is 26.0 Å². The molecular formula is C27H34ClNO6S. The van der Waals surface area contributed by atoms with E-state index in [9.17, 15) is 14.7 Å². The molecule has 2 rings (SSSR count). The Morgan fingerprint density at radius 1 is 1.17 bits per heavy atom. The lowest BCUT2D eigenvalue weighted by Gasteiger charge is -2.16. The average molecular weight is 536 g/mol. The molecule has 0 aliphatic carbocycles. The van der Waals surface area contributed by atoms with Crippen molar-refractivity contribution >= 4 is 41.0 Å². The first-order valence-corrected chi connectivity index (χ1v) is 13.4. The molecule has 0 fully saturated rings. The molecule has 0 bridgehead atoms. The first-order chi connectivity index (χ1) is 17.2. The highest BCUT2D eigenvalue weighted by molar-refractivity contribution is 7.99. The molecule has 0 amide bonds. The van der Waals surface area contributed by atoms with E-state index < -0.39 is 17.9 Å². The van der Waals surface area contributed by atoms with Gasteiger partial charge in [-0.25, -0.2) is 4.79 Å². The quantitative estimate of drug-likeness (QED) is 0.0899. The maximum Gasteiger partial charge on any atom is 0.331 e. The summed E-state index contributed by atoms with van der Waals surface area (Å²) in [6.07, 6.45) is 3.54. The Labute approximate surface area is 221 Å². The zero-order chi connectivity index (χ0) is 26.7. The molecule has 196 valence electrons. The van der Waals surface area contributed by atoms with Gasteiger partial charge >= 0.3 is 11.9 Å². The molecule has 0 heterocycles. The summed E-state index contributed by atoms with van der Waals surface area (Å²) in [6.45, 7) is 7.39. The van der Waals surface area contributed by atoms with E-state index in [1.54, 1.807) is 36.9 Å². The van der Waals surface area contributed by atoms with E-state index in [0.717, 1.165) is 29.9 Å². The maximum absolute atomic E-state index is 11.2. The van der Waals surface area contributed by atoms with Crippen molar-refractivity contribution in [2.75, 3.05) is 12.4 Å². The minimum atomic E-state index is -0.886. The largest absolute Gasteiger partial charge is 0.507 e. The van der Waals surface area contributed by atoms with Crippen molar-refractivity contribution in [1.29, 1.82) is 0 Å². The molecule has 0 spiro atoms. The molecule has 7 nitrogen and oxygen atoms in total. The number of halogens is 1. The van der Waals surface area contributed by atoms with Crippen LogP contribution in [-0.4, -0.2) is 40.2 Å². The number of hydrogen-bond acceptors (Lipinski definition) is 7. The Morgan fingerprint density at radius 3 is 2.53 bits per heavy atom. The molecule has 36 heavy (non-hydrogen) atoms. The van der Waals surface area contributed by atoms with E-state index in [1.165, 1.54) is 6.92 Å². The van der Waals surface area contributed by atoms with Gasteiger partial charge in [0.05, 0.1) is 23.3 Å². The Hall–Kier alpha value is -2.71. The molecule has 2 aromatic carbocycles. The standard InChI is InChI=1S/C27H34ClNO6S/c1-5-8-21-24(12-11-20(26(21)31)23(9-6-2)29-35-18(4)30)34-14-7-15-36-25-13-10-19(16-22(25)28)17(3)27(32)33/h10-13,16-17,31H,5-9,14-15H2,1-4H3,(H,32,33). The second-order valence-electron chi connectivity index (χ2n) is 8.36. The lowest BCUT2D eigenvalue weighted by molar-refractivity contribution is -0.141. The molecule has 2 N–H and O–H groups in total. The average Bonchev–Trinajstić information content (AvgIpc) is 2.84. The van der Waals surface area contributed by atoms with Gasteiger partial charge in [0.1, 0.15) is 11.5 Å². The number of aromatic hydroxyl groups is 1. The first-order valence-electron chi connectivity index (χ1n) is 12.1. The van der Waals surface area contributed by atoms with E-state index in [0.29, 0.717) is 52.6 Å². The molecule has 0 aromatic heterocycles. The van der Waals surface area contributed by atoms with Gasteiger partial charge in [0.2, 0.25) is 0 Å². The van der Waals surface area contributed by atoms with Crippen molar-refractivity contribution < 1.29 is 29.4 Å². The van der Waals surface area contributed by atoms with Gasteiger partial charge in [-0.2, -0.15) is 0 Å². The van der Waals surface area contributed by atoms with Crippen molar-refractivity contribution in [3.8, 4) is 11.5 Å². The zero-order valence-corrected chi connectivity index (χ0v) is 22.7. The van der Waals surface area contributed by atoms with Gasteiger partial charge in [0.25, 0.3) is 0 Å². The number of aliphatic carboxylic acids is 1. The Kier molecular flexibility index (Phi) is 12.1. The normalized spacial score (nSPS) is 12.3. The second-order valence-corrected chi connectivity index (χ2v) is 9.90. The SMILES string of the molecule is CCCC(=NOC(C)=O)c1ccc(OCCCSc2ccc(C(C)C(=O)O)cc2Cl)c(CCC)c1O. The Bertz CT molecular complexity index is 1090. The van der Waals surface area contributed by atoms with Crippen LogP contribution in [0.5, 0.6) is 11.5 Å². The van der Waals surface area contributed by atoms with Crippen molar-refractivity contribution in [3.63, 3.8) is 0 Å². The number of carboxylic acids is 1. The third-order valence-corrected chi connectivity index (χ3v) is 7.04. The second kappa shape index (κ2) is 14.8. The Morgan fingerprint density at radius 2 is 1.92 bits per heavy atom. The minimum absolute atomic E-state index is 0.102. The van der Waals surface area contributed by atoms with Crippen molar-refractivity contribution in [2.45, 2.75) is 70.6 Å². The van der Waals surface area contributed by atoms with Gasteiger partial charge in [-0.1, -0.05) is 49.5 Å². The van der Waals surface area contributed by atoms with Crippen LogP contribution in [0.15, 0.2) is 40.4 Å². The molecule has 2 aromatic rings. The molecule has 0 radical (unpaired) electrons. The number of hydrogen-bond donors (Lipinski definition) is 2. The zero-order valence-electron chi connectivity index (χ0n) is 21.2. The number of thioether (sulfide) groups is 1. The van der Waals surface area contributed by atoms with E-state index in [4.69, 9.17) is 26.3 Å². The summed E-state index contributed by atoms with van der Waals surface area (Å²) in [5.41, 5.74) is 2.44. The molecular weight excluding hydrogens is 502 g/mol. The van der Waals surface area contributed by atoms with Crippen LogP contribution < -0.4 is 4.74 Å². The van der Waals surface area contributed by atoms with Gasteiger partial charge in [0.15, 0.2) is 0 Å². The smallest absolute Gasteiger partial charge is 0.331 e. The number of carboxylic acid groups (broad SMARTS) is 1. The van der Waals surface area contributed by atoms with Crippen LogP contribution in [0.1, 0.15) is 76.0 Å². The number of phenolic OH excluding ortho intramolecular Hbond substituents is 1. The van der Waals surface area contributed by atoms with Crippen LogP contribution in [0.25, 0.3) is 0 Å². The van der Waals surface area contributed by atoms with Crippen molar-refractivity contribution in [2.24, 2.45) is 5.16 Å². The topological polar surface area (TPSA) is 105 Å². The lowest BCUT2D eigenvalue weighted by atomic mass is 9.98. The number of nitrogens with zero attached hydrogens (tertiary/aromatic N) is 1.